The van der Waals surface area contributed by atoms with Crippen LogP contribution in [0, 0.1) is 0 Å². The number of carbonyl (C=O) groups is 1. The van der Waals surface area contributed by atoms with Gasteiger partial charge in [0.2, 0.25) is 5.71 Å². The SMILES string of the molecule is CC1(C)c2cc(OC[C@@H](O)CCO)ccc2C(=O)c2c1oc1ncccc21. The van der Waals surface area contributed by atoms with E-state index in [1.807, 2.05) is 26.0 Å². The molecule has 1 aliphatic rings. The van der Waals surface area contributed by atoms with Gasteiger partial charge in [0.15, 0.2) is 5.78 Å². The molecule has 0 aliphatic heterocycles. The van der Waals surface area contributed by atoms with Gasteiger partial charge in [-0.25, -0.2) is 4.98 Å². The molecule has 1 aliphatic carbocycles. The number of nitrogens with zero attached hydrogens (tertiary/aromatic N) is 1. The molecule has 2 aromatic heterocycles. The van der Waals surface area contributed by atoms with Crippen molar-refractivity contribution in [3.8, 4) is 5.75 Å². The van der Waals surface area contributed by atoms with Crippen molar-refractivity contribution in [1.82, 2.24) is 4.98 Å². The maximum atomic E-state index is 13.1. The van der Waals surface area contributed by atoms with Gasteiger partial charge in [0.05, 0.1) is 17.1 Å². The van der Waals surface area contributed by atoms with Crippen LogP contribution in [0.2, 0.25) is 0 Å². The number of hydrogen-bond donors (Lipinski definition) is 2. The molecule has 1 atom stereocenters. The Labute approximate surface area is 156 Å². The molecule has 0 saturated heterocycles. The molecule has 2 heterocycles. The molecule has 4 rings (SSSR count). The van der Waals surface area contributed by atoms with Crippen molar-refractivity contribution in [2.24, 2.45) is 0 Å². The molecule has 27 heavy (non-hydrogen) atoms. The minimum absolute atomic E-state index is 0.0769. The monoisotopic (exact) mass is 367 g/mol. The fraction of sp³-hybridized carbons (Fsp3) is 0.333. The number of aliphatic hydroxyl groups excluding tert-OH is 2. The van der Waals surface area contributed by atoms with Crippen molar-refractivity contribution in [2.45, 2.75) is 31.8 Å². The molecule has 6 nitrogen and oxygen atoms in total. The number of rotatable bonds is 5. The Balaban J connectivity index is 1.75. The van der Waals surface area contributed by atoms with Gasteiger partial charge in [0.25, 0.3) is 0 Å². The summed E-state index contributed by atoms with van der Waals surface area (Å²) < 4.78 is 11.6. The number of ketones is 1. The maximum Gasteiger partial charge on any atom is 0.226 e. The second kappa shape index (κ2) is 6.48. The van der Waals surface area contributed by atoms with Gasteiger partial charge < -0.3 is 19.4 Å². The number of aromatic nitrogens is 1. The van der Waals surface area contributed by atoms with E-state index in [9.17, 15) is 9.90 Å². The number of carbonyl (C=O) groups excluding carboxylic acids is 1. The number of benzene rings is 1. The molecule has 0 spiro atoms. The minimum atomic E-state index is -0.742. The van der Waals surface area contributed by atoms with Crippen molar-refractivity contribution < 1.29 is 24.2 Å². The van der Waals surface area contributed by atoms with Gasteiger partial charge in [0.1, 0.15) is 18.1 Å². The number of aliphatic hydroxyl groups is 2. The molecule has 2 N–H and O–H groups in total. The van der Waals surface area contributed by atoms with E-state index in [4.69, 9.17) is 14.3 Å². The summed E-state index contributed by atoms with van der Waals surface area (Å²) in [5, 5.41) is 19.3. The Hall–Kier alpha value is -2.70. The van der Waals surface area contributed by atoms with E-state index in [2.05, 4.69) is 4.98 Å². The molecule has 0 bridgehead atoms. The lowest BCUT2D eigenvalue weighted by Gasteiger charge is -2.30. The fourth-order valence-electron chi connectivity index (χ4n) is 3.61. The molecule has 0 fully saturated rings. The summed E-state index contributed by atoms with van der Waals surface area (Å²) in [6, 6.07) is 8.95. The van der Waals surface area contributed by atoms with Crippen LogP contribution in [0.3, 0.4) is 0 Å². The van der Waals surface area contributed by atoms with Gasteiger partial charge in [0, 0.05) is 23.8 Å². The van der Waals surface area contributed by atoms with Crippen LogP contribution in [0.1, 0.15) is 47.5 Å². The quantitative estimate of drug-likeness (QED) is 0.720. The summed E-state index contributed by atoms with van der Waals surface area (Å²) >= 11 is 0. The third-order valence-corrected chi connectivity index (χ3v) is 5.07. The summed E-state index contributed by atoms with van der Waals surface area (Å²) in [6.45, 7) is 3.99. The highest BCUT2D eigenvalue weighted by Gasteiger charge is 2.42. The number of pyridine rings is 1. The maximum absolute atomic E-state index is 13.1. The Bertz CT molecular complexity index is 1020. The lowest BCUT2D eigenvalue weighted by Crippen LogP contribution is -2.29. The van der Waals surface area contributed by atoms with E-state index in [1.54, 1.807) is 24.4 Å². The average Bonchev–Trinajstić information content (AvgIpc) is 3.06. The van der Waals surface area contributed by atoms with Crippen molar-refractivity contribution in [2.75, 3.05) is 13.2 Å². The van der Waals surface area contributed by atoms with E-state index >= 15 is 0 Å². The Morgan fingerprint density at radius 1 is 1.30 bits per heavy atom. The normalized spacial score (nSPS) is 16.1. The number of ether oxygens (including phenoxy) is 1. The van der Waals surface area contributed by atoms with Crippen LogP contribution in [0.15, 0.2) is 40.9 Å². The molecular formula is C21H21NO5. The third kappa shape index (κ3) is 2.81. The molecule has 0 saturated carbocycles. The Morgan fingerprint density at radius 3 is 2.89 bits per heavy atom. The molecule has 0 amide bonds. The van der Waals surface area contributed by atoms with Crippen LogP contribution in [0.5, 0.6) is 5.75 Å². The molecular weight excluding hydrogens is 346 g/mol. The van der Waals surface area contributed by atoms with Crippen LogP contribution in [-0.2, 0) is 5.41 Å². The van der Waals surface area contributed by atoms with Gasteiger partial charge in [-0.2, -0.15) is 0 Å². The zero-order chi connectivity index (χ0) is 19.2. The third-order valence-electron chi connectivity index (χ3n) is 5.07. The number of hydrogen-bond acceptors (Lipinski definition) is 6. The summed E-state index contributed by atoms with van der Waals surface area (Å²) in [6.07, 6.45) is 1.16. The van der Waals surface area contributed by atoms with Crippen molar-refractivity contribution >= 4 is 16.9 Å². The van der Waals surface area contributed by atoms with E-state index in [0.717, 1.165) is 10.9 Å². The summed E-state index contributed by atoms with van der Waals surface area (Å²) in [7, 11) is 0. The van der Waals surface area contributed by atoms with Crippen LogP contribution in [0.25, 0.3) is 11.1 Å². The van der Waals surface area contributed by atoms with Gasteiger partial charge in [-0.15, -0.1) is 0 Å². The number of furan rings is 1. The van der Waals surface area contributed by atoms with Crippen LogP contribution >= 0.6 is 0 Å². The first-order valence-corrected chi connectivity index (χ1v) is 8.92. The van der Waals surface area contributed by atoms with E-state index < -0.39 is 11.5 Å². The van der Waals surface area contributed by atoms with E-state index in [0.29, 0.717) is 28.4 Å². The van der Waals surface area contributed by atoms with Crippen LogP contribution in [-0.4, -0.2) is 40.3 Å². The largest absolute Gasteiger partial charge is 0.491 e. The summed E-state index contributed by atoms with van der Waals surface area (Å²) in [4.78, 5) is 17.4. The summed E-state index contributed by atoms with van der Waals surface area (Å²) in [5.74, 6) is 1.08. The molecule has 140 valence electrons. The molecule has 0 unspecified atom stereocenters. The highest BCUT2D eigenvalue weighted by atomic mass is 16.5. The van der Waals surface area contributed by atoms with Gasteiger partial charge in [-0.1, -0.05) is 0 Å². The lowest BCUT2D eigenvalue weighted by atomic mass is 9.72. The molecule has 6 heteroatoms. The Morgan fingerprint density at radius 2 is 2.11 bits per heavy atom. The second-order valence-electron chi connectivity index (χ2n) is 7.30. The smallest absolute Gasteiger partial charge is 0.226 e. The highest BCUT2D eigenvalue weighted by molar-refractivity contribution is 6.19. The Kier molecular flexibility index (Phi) is 4.25. The molecule has 3 aromatic rings. The average molecular weight is 367 g/mol. The second-order valence-corrected chi connectivity index (χ2v) is 7.30. The highest BCUT2D eigenvalue weighted by Crippen LogP contribution is 2.45. The van der Waals surface area contributed by atoms with Gasteiger partial charge >= 0.3 is 0 Å². The topological polar surface area (TPSA) is 92.8 Å². The van der Waals surface area contributed by atoms with Crippen molar-refractivity contribution in [3.63, 3.8) is 0 Å². The first kappa shape index (κ1) is 17.7. The first-order chi connectivity index (χ1) is 12.9. The van der Waals surface area contributed by atoms with Crippen molar-refractivity contribution in [1.29, 1.82) is 0 Å². The first-order valence-electron chi connectivity index (χ1n) is 8.92. The zero-order valence-electron chi connectivity index (χ0n) is 15.2. The fourth-order valence-corrected chi connectivity index (χ4v) is 3.61. The predicted molar refractivity (Wildman–Crippen MR) is 99.2 cm³/mol. The summed E-state index contributed by atoms with van der Waals surface area (Å²) in [5.41, 5.74) is 1.92. The molecule has 1 aromatic carbocycles. The van der Waals surface area contributed by atoms with Gasteiger partial charge in [-0.05, 0) is 56.2 Å². The van der Waals surface area contributed by atoms with Crippen LogP contribution in [0.4, 0.5) is 0 Å². The van der Waals surface area contributed by atoms with Crippen molar-refractivity contribution in [3.05, 3.63) is 59.0 Å². The lowest BCUT2D eigenvalue weighted by molar-refractivity contribution is 0.0820. The van der Waals surface area contributed by atoms with E-state index in [1.165, 1.54) is 0 Å². The standard InChI is InChI=1S/C21H21NO5/c1-21(2)16-10-13(26-11-12(24)7-9-23)5-6-14(16)18(25)17-15-4-3-8-22-20(15)27-19(17)21/h3-6,8,10,12,23-24H,7,9,11H2,1-2H3/t12-/m0/s1. The van der Waals surface area contributed by atoms with E-state index in [-0.39, 0.29) is 25.4 Å². The molecule has 0 radical (unpaired) electrons. The minimum Gasteiger partial charge on any atom is -0.491 e. The number of fused-ring (bicyclic) bond motifs is 4. The zero-order valence-corrected chi connectivity index (χ0v) is 15.2. The van der Waals surface area contributed by atoms with Gasteiger partial charge in [-0.3, -0.25) is 4.79 Å². The van der Waals surface area contributed by atoms with Crippen LogP contribution < -0.4 is 4.74 Å². The predicted octanol–water partition coefficient (Wildman–Crippen LogP) is 2.82.